The van der Waals surface area contributed by atoms with E-state index in [0.29, 0.717) is 5.92 Å². The second-order valence-corrected chi connectivity index (χ2v) is 9.08. The summed E-state index contributed by atoms with van der Waals surface area (Å²) in [6.45, 7) is 9.77. The molecule has 144 valence electrons. The number of hydrogen-bond donors (Lipinski definition) is 2. The summed E-state index contributed by atoms with van der Waals surface area (Å²) in [5, 5.41) is 6.01. The number of anilines is 1. The standard InChI is InChI=1S/C22H35N3O/c1-22(2,3)18-8-10-19(11-9-18)24-21(26)23-16-17-12-14-25(15-13-17)20-6-4-5-7-20/h8-11,17,20H,4-7,12-16H2,1-3H3,(H2,23,24,26). The van der Waals surface area contributed by atoms with Crippen LogP contribution < -0.4 is 10.6 Å². The van der Waals surface area contributed by atoms with Crippen molar-refractivity contribution in [1.82, 2.24) is 10.2 Å². The normalized spacial score (nSPS) is 20.3. The Labute approximate surface area is 158 Å². The molecule has 2 N–H and O–H groups in total. The molecule has 1 heterocycles. The Morgan fingerprint density at radius 3 is 2.23 bits per heavy atom. The zero-order chi connectivity index (χ0) is 18.6. The molecule has 1 aromatic carbocycles. The van der Waals surface area contributed by atoms with Crippen LogP contribution in [0, 0.1) is 5.92 Å². The predicted octanol–water partition coefficient (Wildman–Crippen LogP) is 4.76. The molecule has 1 aliphatic carbocycles. The number of carbonyl (C=O) groups excluding carboxylic acids is 1. The van der Waals surface area contributed by atoms with Gasteiger partial charge in [-0.05, 0) is 67.8 Å². The first-order valence-corrected chi connectivity index (χ1v) is 10.3. The zero-order valence-electron chi connectivity index (χ0n) is 16.7. The van der Waals surface area contributed by atoms with Gasteiger partial charge in [-0.25, -0.2) is 4.79 Å². The van der Waals surface area contributed by atoms with Crippen molar-refractivity contribution in [3.8, 4) is 0 Å². The van der Waals surface area contributed by atoms with Gasteiger partial charge >= 0.3 is 6.03 Å². The third kappa shape index (κ3) is 5.23. The van der Waals surface area contributed by atoms with Gasteiger partial charge in [0.1, 0.15) is 0 Å². The number of likely N-dealkylation sites (tertiary alicyclic amines) is 1. The fourth-order valence-electron chi connectivity index (χ4n) is 4.26. The van der Waals surface area contributed by atoms with Gasteiger partial charge in [-0.1, -0.05) is 45.7 Å². The zero-order valence-corrected chi connectivity index (χ0v) is 16.7. The topological polar surface area (TPSA) is 44.4 Å². The lowest BCUT2D eigenvalue weighted by molar-refractivity contribution is 0.134. The van der Waals surface area contributed by atoms with Crippen LogP contribution in [0.5, 0.6) is 0 Å². The lowest BCUT2D eigenvalue weighted by Crippen LogP contribution is -2.43. The minimum atomic E-state index is -0.0910. The van der Waals surface area contributed by atoms with Crippen LogP contribution in [0.3, 0.4) is 0 Å². The van der Waals surface area contributed by atoms with Gasteiger partial charge in [0.15, 0.2) is 0 Å². The van der Waals surface area contributed by atoms with E-state index >= 15 is 0 Å². The highest BCUT2D eigenvalue weighted by Crippen LogP contribution is 2.27. The Bertz CT molecular complexity index is 576. The SMILES string of the molecule is CC(C)(C)c1ccc(NC(=O)NCC2CCN(C3CCCC3)CC2)cc1. The highest BCUT2D eigenvalue weighted by molar-refractivity contribution is 5.89. The molecule has 1 aromatic rings. The molecule has 0 unspecified atom stereocenters. The average Bonchev–Trinajstić information content (AvgIpc) is 3.15. The van der Waals surface area contributed by atoms with E-state index in [0.717, 1.165) is 18.3 Å². The fraction of sp³-hybridized carbons (Fsp3) is 0.682. The summed E-state index contributed by atoms with van der Waals surface area (Å²) >= 11 is 0. The summed E-state index contributed by atoms with van der Waals surface area (Å²) < 4.78 is 0. The largest absolute Gasteiger partial charge is 0.338 e. The van der Waals surface area contributed by atoms with Crippen LogP contribution in [0.15, 0.2) is 24.3 Å². The third-order valence-corrected chi connectivity index (χ3v) is 6.05. The molecule has 1 aliphatic heterocycles. The number of amides is 2. The van der Waals surface area contributed by atoms with Crippen molar-refractivity contribution in [2.24, 2.45) is 5.92 Å². The number of rotatable bonds is 4. The van der Waals surface area contributed by atoms with Gasteiger partial charge in [0.05, 0.1) is 0 Å². The van der Waals surface area contributed by atoms with Crippen LogP contribution in [0.4, 0.5) is 10.5 Å². The van der Waals surface area contributed by atoms with Crippen LogP contribution in [-0.4, -0.2) is 36.6 Å². The summed E-state index contributed by atoms with van der Waals surface area (Å²) in [6, 6.07) is 8.90. The lowest BCUT2D eigenvalue weighted by Gasteiger charge is -2.36. The highest BCUT2D eigenvalue weighted by atomic mass is 16.2. The Balaban J connectivity index is 1.38. The van der Waals surface area contributed by atoms with E-state index in [-0.39, 0.29) is 11.4 Å². The highest BCUT2D eigenvalue weighted by Gasteiger charge is 2.27. The Hall–Kier alpha value is -1.55. The van der Waals surface area contributed by atoms with Crippen molar-refractivity contribution in [2.45, 2.75) is 70.8 Å². The summed E-state index contributed by atoms with van der Waals surface area (Å²) in [5.41, 5.74) is 2.26. The van der Waals surface area contributed by atoms with Crippen LogP contribution in [0.2, 0.25) is 0 Å². The van der Waals surface area contributed by atoms with Gasteiger partial charge in [0.2, 0.25) is 0 Å². The maximum atomic E-state index is 12.2. The maximum absolute atomic E-state index is 12.2. The van der Waals surface area contributed by atoms with E-state index in [4.69, 9.17) is 0 Å². The van der Waals surface area contributed by atoms with Crippen molar-refractivity contribution in [3.05, 3.63) is 29.8 Å². The molecule has 0 atom stereocenters. The van der Waals surface area contributed by atoms with E-state index in [1.54, 1.807) is 0 Å². The molecule has 1 saturated carbocycles. The van der Waals surface area contributed by atoms with Crippen LogP contribution in [0.1, 0.15) is 64.9 Å². The van der Waals surface area contributed by atoms with E-state index in [9.17, 15) is 4.79 Å². The van der Waals surface area contributed by atoms with E-state index in [1.165, 1.54) is 57.2 Å². The molecule has 2 amide bonds. The number of hydrogen-bond acceptors (Lipinski definition) is 2. The number of nitrogens with one attached hydrogen (secondary N) is 2. The van der Waals surface area contributed by atoms with Gasteiger partial charge in [-0.3, -0.25) is 0 Å². The second kappa shape index (κ2) is 8.43. The molecular formula is C22H35N3O. The third-order valence-electron chi connectivity index (χ3n) is 6.05. The Morgan fingerprint density at radius 2 is 1.65 bits per heavy atom. The molecular weight excluding hydrogens is 322 g/mol. The average molecular weight is 358 g/mol. The van der Waals surface area contributed by atoms with Crippen molar-refractivity contribution in [3.63, 3.8) is 0 Å². The number of benzene rings is 1. The molecule has 2 aliphatic rings. The summed E-state index contributed by atoms with van der Waals surface area (Å²) in [4.78, 5) is 14.9. The van der Waals surface area contributed by atoms with Crippen molar-refractivity contribution < 1.29 is 4.79 Å². The first-order chi connectivity index (χ1) is 12.4. The minimum Gasteiger partial charge on any atom is -0.338 e. The predicted molar refractivity (Wildman–Crippen MR) is 109 cm³/mol. The molecule has 3 rings (SSSR count). The minimum absolute atomic E-state index is 0.0910. The van der Waals surface area contributed by atoms with Gasteiger partial charge in [0, 0.05) is 18.3 Å². The Morgan fingerprint density at radius 1 is 1.04 bits per heavy atom. The van der Waals surface area contributed by atoms with Crippen molar-refractivity contribution >= 4 is 11.7 Å². The van der Waals surface area contributed by atoms with Crippen LogP contribution in [0.25, 0.3) is 0 Å². The van der Waals surface area contributed by atoms with Gasteiger partial charge in [0.25, 0.3) is 0 Å². The first kappa shape index (κ1) is 19.2. The number of carbonyl (C=O) groups is 1. The smallest absolute Gasteiger partial charge is 0.319 e. The fourth-order valence-corrected chi connectivity index (χ4v) is 4.26. The van der Waals surface area contributed by atoms with Gasteiger partial charge in [-0.15, -0.1) is 0 Å². The molecule has 26 heavy (non-hydrogen) atoms. The van der Waals surface area contributed by atoms with E-state index in [2.05, 4.69) is 48.4 Å². The molecule has 0 bridgehead atoms. The summed E-state index contributed by atoms with van der Waals surface area (Å²) in [5.74, 6) is 0.613. The second-order valence-electron chi connectivity index (χ2n) is 9.08. The van der Waals surface area contributed by atoms with E-state index < -0.39 is 0 Å². The lowest BCUT2D eigenvalue weighted by atomic mass is 9.87. The maximum Gasteiger partial charge on any atom is 0.319 e. The van der Waals surface area contributed by atoms with Crippen molar-refractivity contribution in [2.75, 3.05) is 25.0 Å². The van der Waals surface area contributed by atoms with Crippen molar-refractivity contribution in [1.29, 1.82) is 0 Å². The molecule has 4 heteroatoms. The summed E-state index contributed by atoms with van der Waals surface area (Å²) in [6.07, 6.45) is 8.00. The number of piperidine rings is 1. The molecule has 2 fully saturated rings. The molecule has 0 radical (unpaired) electrons. The Kier molecular flexibility index (Phi) is 6.23. The van der Waals surface area contributed by atoms with Crippen LogP contribution >= 0.6 is 0 Å². The first-order valence-electron chi connectivity index (χ1n) is 10.3. The molecule has 0 aromatic heterocycles. The van der Waals surface area contributed by atoms with Gasteiger partial charge in [-0.2, -0.15) is 0 Å². The van der Waals surface area contributed by atoms with Gasteiger partial charge < -0.3 is 15.5 Å². The van der Waals surface area contributed by atoms with E-state index in [1.807, 2.05) is 12.1 Å². The molecule has 4 nitrogen and oxygen atoms in total. The molecule has 1 saturated heterocycles. The molecule has 0 spiro atoms. The monoisotopic (exact) mass is 357 g/mol. The number of urea groups is 1. The summed E-state index contributed by atoms with van der Waals surface area (Å²) in [7, 11) is 0. The van der Waals surface area contributed by atoms with Crippen LogP contribution in [-0.2, 0) is 5.41 Å². The number of nitrogens with zero attached hydrogens (tertiary/aromatic N) is 1. The quantitative estimate of drug-likeness (QED) is 0.816.